The molecule has 9 nitrogen and oxygen atoms in total. The van der Waals surface area contributed by atoms with Gasteiger partial charge in [0.2, 0.25) is 0 Å². The molecule has 4 N–H and O–H groups in total. The van der Waals surface area contributed by atoms with Crippen molar-refractivity contribution in [3.8, 4) is 0 Å². The molecule has 1 aromatic heterocycles. The molecule has 1 unspecified atom stereocenters. The molecule has 19 heavy (non-hydrogen) atoms. The predicted molar refractivity (Wildman–Crippen MR) is 64.8 cm³/mol. The Morgan fingerprint density at radius 2 is 2.32 bits per heavy atom. The Morgan fingerprint density at radius 1 is 1.58 bits per heavy atom. The second-order valence-corrected chi connectivity index (χ2v) is 3.67. The molecule has 0 saturated carbocycles. The summed E-state index contributed by atoms with van der Waals surface area (Å²) >= 11 is 0. The van der Waals surface area contributed by atoms with Gasteiger partial charge in [-0.1, -0.05) is 0 Å². The summed E-state index contributed by atoms with van der Waals surface area (Å²) in [6, 6.07) is -0.619. The Morgan fingerprint density at radius 3 is 2.95 bits per heavy atom. The van der Waals surface area contributed by atoms with Crippen LogP contribution in [0.25, 0.3) is 0 Å². The van der Waals surface area contributed by atoms with Crippen molar-refractivity contribution in [1.29, 1.82) is 0 Å². The van der Waals surface area contributed by atoms with E-state index in [0.717, 1.165) is 0 Å². The second-order valence-electron chi connectivity index (χ2n) is 3.67. The van der Waals surface area contributed by atoms with Crippen LogP contribution in [-0.2, 0) is 16.1 Å². The maximum Gasteiger partial charge on any atom is 0.334 e. The first-order valence-electron chi connectivity index (χ1n) is 5.50. The van der Waals surface area contributed by atoms with Crippen LogP contribution in [0.3, 0.4) is 0 Å². The van der Waals surface area contributed by atoms with Crippen LogP contribution in [0.15, 0.2) is 12.4 Å². The van der Waals surface area contributed by atoms with E-state index in [4.69, 9.17) is 14.9 Å². The molecule has 2 amide bonds. The molecule has 0 radical (unpaired) electrons. The molecular weight excluding hydrogens is 256 g/mol. The van der Waals surface area contributed by atoms with E-state index in [0.29, 0.717) is 18.8 Å². The summed E-state index contributed by atoms with van der Waals surface area (Å²) < 4.78 is 6.47. The molecule has 1 aromatic rings. The van der Waals surface area contributed by atoms with Gasteiger partial charge >= 0.3 is 12.0 Å². The van der Waals surface area contributed by atoms with Crippen molar-refractivity contribution in [2.75, 3.05) is 25.6 Å². The van der Waals surface area contributed by atoms with E-state index in [1.807, 2.05) is 0 Å². The average molecular weight is 272 g/mol. The number of aliphatic carboxylic acids is 1. The SMILES string of the molecule is COCCn1cc(NC(=O)NCC(O)C(=O)O)cn1. The fourth-order valence-electron chi connectivity index (χ4n) is 1.19. The Labute approximate surface area is 109 Å². The number of aliphatic hydroxyl groups excluding tert-OH is 1. The molecule has 0 aromatic carbocycles. The molecule has 0 aliphatic carbocycles. The van der Waals surface area contributed by atoms with Gasteiger partial charge < -0.3 is 25.6 Å². The average Bonchev–Trinajstić information content (AvgIpc) is 2.80. The number of carboxylic acids is 1. The lowest BCUT2D eigenvalue weighted by atomic mass is 10.4. The maximum atomic E-state index is 11.4. The van der Waals surface area contributed by atoms with E-state index in [1.54, 1.807) is 18.0 Å². The third-order valence-corrected chi connectivity index (χ3v) is 2.16. The lowest BCUT2D eigenvalue weighted by Crippen LogP contribution is -2.38. The predicted octanol–water partition coefficient (Wildman–Crippen LogP) is -0.903. The molecule has 1 heterocycles. The number of nitrogens with one attached hydrogen (secondary N) is 2. The largest absolute Gasteiger partial charge is 0.479 e. The molecule has 106 valence electrons. The standard InChI is InChI=1S/C10H16N4O5/c1-19-3-2-14-6-7(4-12-14)13-10(18)11-5-8(15)9(16)17/h4,6,8,15H,2-3,5H2,1H3,(H,16,17)(H2,11,13,18). The number of anilines is 1. The van der Waals surface area contributed by atoms with Gasteiger partial charge in [0.15, 0.2) is 6.10 Å². The lowest BCUT2D eigenvalue weighted by molar-refractivity contribution is -0.146. The number of ether oxygens (including phenoxy) is 1. The van der Waals surface area contributed by atoms with Crippen LogP contribution in [0.2, 0.25) is 0 Å². The van der Waals surface area contributed by atoms with Gasteiger partial charge in [-0.25, -0.2) is 9.59 Å². The minimum Gasteiger partial charge on any atom is -0.479 e. The number of amides is 2. The van der Waals surface area contributed by atoms with Crippen molar-refractivity contribution in [3.63, 3.8) is 0 Å². The third-order valence-electron chi connectivity index (χ3n) is 2.16. The number of hydrogen-bond acceptors (Lipinski definition) is 5. The van der Waals surface area contributed by atoms with Crippen molar-refractivity contribution < 1.29 is 24.5 Å². The smallest absolute Gasteiger partial charge is 0.334 e. The summed E-state index contributed by atoms with van der Waals surface area (Å²) in [5.74, 6) is -1.40. The number of aromatic nitrogens is 2. The number of carbonyl (C=O) groups excluding carboxylic acids is 1. The van der Waals surface area contributed by atoms with Crippen LogP contribution in [0.4, 0.5) is 10.5 Å². The first-order valence-corrected chi connectivity index (χ1v) is 5.50. The van der Waals surface area contributed by atoms with Crippen LogP contribution >= 0.6 is 0 Å². The molecule has 0 aliphatic heterocycles. The van der Waals surface area contributed by atoms with Crippen LogP contribution in [0.5, 0.6) is 0 Å². The lowest BCUT2D eigenvalue weighted by Gasteiger charge is -2.07. The third kappa shape index (κ3) is 5.36. The Balaban J connectivity index is 2.35. The zero-order chi connectivity index (χ0) is 14.3. The van der Waals surface area contributed by atoms with Gasteiger partial charge in [-0.2, -0.15) is 5.10 Å². The van der Waals surface area contributed by atoms with E-state index in [-0.39, 0.29) is 6.54 Å². The summed E-state index contributed by atoms with van der Waals surface area (Å²) in [6.07, 6.45) is 1.42. The fraction of sp³-hybridized carbons (Fsp3) is 0.500. The van der Waals surface area contributed by atoms with Crippen LogP contribution in [-0.4, -0.2) is 58.4 Å². The van der Waals surface area contributed by atoms with E-state index in [9.17, 15) is 9.59 Å². The topological polar surface area (TPSA) is 126 Å². The van der Waals surface area contributed by atoms with Gasteiger partial charge in [0, 0.05) is 13.3 Å². The molecule has 0 bridgehead atoms. The van der Waals surface area contributed by atoms with Crippen LogP contribution in [0, 0.1) is 0 Å². The van der Waals surface area contributed by atoms with Gasteiger partial charge in [-0.3, -0.25) is 4.68 Å². The highest BCUT2D eigenvalue weighted by Gasteiger charge is 2.14. The number of nitrogens with zero attached hydrogens (tertiary/aromatic N) is 2. The van der Waals surface area contributed by atoms with E-state index < -0.39 is 18.1 Å². The van der Waals surface area contributed by atoms with E-state index in [2.05, 4.69) is 15.7 Å². The molecule has 9 heteroatoms. The minimum absolute atomic E-state index is 0.376. The van der Waals surface area contributed by atoms with Crippen LogP contribution in [0.1, 0.15) is 0 Å². The first-order chi connectivity index (χ1) is 9.02. The van der Waals surface area contributed by atoms with E-state index in [1.165, 1.54) is 6.20 Å². The number of rotatable bonds is 7. The van der Waals surface area contributed by atoms with Crippen molar-refractivity contribution in [1.82, 2.24) is 15.1 Å². The Bertz CT molecular complexity index is 433. The quantitative estimate of drug-likeness (QED) is 0.509. The summed E-state index contributed by atoms with van der Waals surface area (Å²) in [6.45, 7) is 0.675. The first kappa shape index (κ1) is 14.9. The van der Waals surface area contributed by atoms with Crippen molar-refractivity contribution in [2.45, 2.75) is 12.6 Å². The number of urea groups is 1. The molecule has 0 saturated heterocycles. The maximum absolute atomic E-state index is 11.4. The number of carbonyl (C=O) groups is 2. The van der Waals surface area contributed by atoms with Crippen molar-refractivity contribution in [2.24, 2.45) is 0 Å². The summed E-state index contributed by atoms with van der Waals surface area (Å²) in [4.78, 5) is 21.7. The summed E-state index contributed by atoms with van der Waals surface area (Å²) in [7, 11) is 1.57. The number of carboxylic acid groups (broad SMARTS) is 1. The van der Waals surface area contributed by atoms with Gasteiger partial charge in [0.1, 0.15) is 0 Å². The van der Waals surface area contributed by atoms with Crippen LogP contribution < -0.4 is 10.6 Å². The van der Waals surface area contributed by atoms with Gasteiger partial charge in [-0.15, -0.1) is 0 Å². The summed E-state index contributed by atoms with van der Waals surface area (Å²) in [5.41, 5.74) is 0.457. The number of aliphatic hydroxyl groups is 1. The Hall–Kier alpha value is -2.13. The van der Waals surface area contributed by atoms with Crippen molar-refractivity contribution in [3.05, 3.63) is 12.4 Å². The molecule has 0 fully saturated rings. The van der Waals surface area contributed by atoms with Gasteiger partial charge in [-0.05, 0) is 0 Å². The number of hydrogen-bond donors (Lipinski definition) is 4. The molecular formula is C10H16N4O5. The Kier molecular flexibility index (Phi) is 5.76. The summed E-state index contributed by atoms with van der Waals surface area (Å²) in [5, 5.41) is 26.1. The van der Waals surface area contributed by atoms with Gasteiger partial charge in [0.25, 0.3) is 0 Å². The normalized spacial score (nSPS) is 11.9. The highest BCUT2D eigenvalue weighted by Crippen LogP contribution is 2.04. The zero-order valence-corrected chi connectivity index (χ0v) is 10.4. The van der Waals surface area contributed by atoms with E-state index >= 15 is 0 Å². The van der Waals surface area contributed by atoms with Gasteiger partial charge in [0.05, 0.1) is 31.6 Å². The fourth-order valence-corrected chi connectivity index (χ4v) is 1.19. The molecule has 0 spiro atoms. The van der Waals surface area contributed by atoms with Crippen molar-refractivity contribution >= 4 is 17.7 Å². The minimum atomic E-state index is -1.63. The second kappa shape index (κ2) is 7.34. The molecule has 1 rings (SSSR count). The highest BCUT2D eigenvalue weighted by molar-refractivity contribution is 5.89. The highest BCUT2D eigenvalue weighted by atomic mass is 16.5. The monoisotopic (exact) mass is 272 g/mol. The molecule has 1 atom stereocenters. The molecule has 0 aliphatic rings. The number of methoxy groups -OCH3 is 1. The zero-order valence-electron chi connectivity index (χ0n) is 10.4.